The number of para-hydroxylation sites is 8. The van der Waals surface area contributed by atoms with Crippen LogP contribution in [0.3, 0.4) is 0 Å². The highest BCUT2D eigenvalue weighted by atomic mass is 32.1. The van der Waals surface area contributed by atoms with E-state index in [9.17, 15) is 0 Å². The smallest absolute Gasteiger partial charge is 0.159 e. The van der Waals surface area contributed by atoms with Gasteiger partial charge in [-0.2, -0.15) is 0 Å². The summed E-state index contributed by atoms with van der Waals surface area (Å²) < 4.78 is 14.0. The van der Waals surface area contributed by atoms with Crippen molar-refractivity contribution in [2.24, 2.45) is 0 Å². The van der Waals surface area contributed by atoms with Crippen LogP contribution in [0.15, 0.2) is 305 Å². The van der Waals surface area contributed by atoms with Gasteiger partial charge in [0.1, 0.15) is 11.2 Å². The topological polar surface area (TPSA) is 39.2 Å². The van der Waals surface area contributed by atoms with Crippen molar-refractivity contribution in [1.29, 1.82) is 0 Å². The van der Waals surface area contributed by atoms with Crippen molar-refractivity contribution < 1.29 is 8.83 Å². The molecule has 2 heterocycles. The third kappa shape index (κ3) is 8.76. The molecule has 14 rings (SSSR count). The second-order valence-electron chi connectivity index (χ2n) is 19.9. The molecule has 0 aliphatic rings. The number of nitrogens with zero attached hydrogens (tertiary/aromatic N) is 4. The molecule has 0 amide bonds. The first kappa shape index (κ1) is 48.2. The monoisotopic (exact) mass is 1050 g/mol. The maximum absolute atomic E-state index is 7.39. The molecule has 6 nitrogen and oxygen atoms in total. The zero-order chi connectivity index (χ0) is 53.5. The number of aryl methyl sites for hydroxylation is 1. The van der Waals surface area contributed by atoms with Crippen LogP contribution >= 0.6 is 12.6 Å². The van der Waals surface area contributed by atoms with Gasteiger partial charge in [0.2, 0.25) is 0 Å². The Morgan fingerprint density at radius 2 is 0.600 bits per heavy atom. The predicted octanol–water partition coefficient (Wildman–Crippen LogP) is 21.6. The molecule has 0 aliphatic heterocycles. The summed E-state index contributed by atoms with van der Waals surface area (Å²) in [4.78, 5) is 10.1. The molecule has 0 aliphatic carbocycles. The number of benzene rings is 12. The largest absolute Gasteiger partial charge is 0.456 e. The zero-order valence-electron chi connectivity index (χ0n) is 43.8. The normalized spacial score (nSPS) is 11.4. The molecule has 0 fully saturated rings. The highest BCUT2D eigenvalue weighted by Crippen LogP contribution is 2.49. The van der Waals surface area contributed by atoms with Crippen molar-refractivity contribution in [3.05, 3.63) is 297 Å². The Hall–Kier alpha value is -10.2. The van der Waals surface area contributed by atoms with Crippen LogP contribution < -0.4 is 19.6 Å². The molecule has 382 valence electrons. The van der Waals surface area contributed by atoms with E-state index in [1.54, 1.807) is 0 Å². The Kier molecular flexibility index (Phi) is 12.4. The van der Waals surface area contributed by atoms with Crippen LogP contribution in [0.2, 0.25) is 0 Å². The van der Waals surface area contributed by atoms with Gasteiger partial charge in [-0.15, -0.1) is 12.6 Å². The third-order valence-corrected chi connectivity index (χ3v) is 15.4. The van der Waals surface area contributed by atoms with Crippen molar-refractivity contribution in [1.82, 2.24) is 0 Å². The summed E-state index contributed by atoms with van der Waals surface area (Å²) in [6, 6.07) is 102. The maximum Gasteiger partial charge on any atom is 0.159 e. The third-order valence-electron chi connectivity index (χ3n) is 15.0. The lowest BCUT2D eigenvalue weighted by Crippen LogP contribution is -2.11. The molecular formula is C73H52N4O2S. The molecule has 0 atom stereocenters. The second-order valence-corrected chi connectivity index (χ2v) is 20.4. The highest BCUT2D eigenvalue weighted by Gasteiger charge is 2.25. The number of hydrogen-bond donors (Lipinski definition) is 1. The fourth-order valence-corrected chi connectivity index (χ4v) is 11.6. The number of rotatable bonds is 13. The fourth-order valence-electron chi connectivity index (χ4n) is 11.3. The molecule has 0 unspecified atom stereocenters. The van der Waals surface area contributed by atoms with Crippen LogP contribution in [0.5, 0.6) is 0 Å². The number of thiol groups is 1. The van der Waals surface area contributed by atoms with Gasteiger partial charge >= 0.3 is 0 Å². The van der Waals surface area contributed by atoms with E-state index in [0.717, 1.165) is 134 Å². The van der Waals surface area contributed by atoms with E-state index in [2.05, 4.69) is 318 Å². The summed E-state index contributed by atoms with van der Waals surface area (Å²) >= 11 is 5.17. The lowest BCUT2D eigenvalue weighted by Gasteiger charge is -2.28. The molecule has 0 radical (unpaired) electrons. The number of furan rings is 2. The quantitative estimate of drug-likeness (QED) is 0.116. The van der Waals surface area contributed by atoms with E-state index in [1.165, 1.54) is 0 Å². The number of fused-ring (bicyclic) bond motifs is 6. The van der Waals surface area contributed by atoms with Gasteiger partial charge in [0.05, 0.1) is 11.4 Å². The lowest BCUT2D eigenvalue weighted by atomic mass is 9.98. The Morgan fingerprint density at radius 1 is 0.263 bits per heavy atom. The average Bonchev–Trinajstić information content (AvgIpc) is 4.19. The van der Waals surface area contributed by atoms with Gasteiger partial charge in [0.15, 0.2) is 11.2 Å². The fraction of sp³-hybridized carbons (Fsp3) is 0.0137. The molecule has 12 aromatic carbocycles. The van der Waals surface area contributed by atoms with Gasteiger partial charge in [0, 0.05) is 83.3 Å². The van der Waals surface area contributed by atoms with Gasteiger partial charge in [-0.25, -0.2) is 0 Å². The van der Waals surface area contributed by atoms with Gasteiger partial charge in [0.25, 0.3) is 0 Å². The first-order valence-electron chi connectivity index (χ1n) is 26.9. The first-order chi connectivity index (χ1) is 39.5. The summed E-state index contributed by atoms with van der Waals surface area (Å²) in [5, 5.41) is 4.05. The summed E-state index contributed by atoms with van der Waals surface area (Å²) in [6.07, 6.45) is 0. The van der Waals surface area contributed by atoms with Crippen LogP contribution in [-0.2, 0) is 0 Å². The predicted molar refractivity (Wildman–Crippen MR) is 337 cm³/mol. The highest BCUT2D eigenvalue weighted by molar-refractivity contribution is 7.80. The van der Waals surface area contributed by atoms with E-state index in [1.807, 2.05) is 0 Å². The van der Waals surface area contributed by atoms with Gasteiger partial charge in [-0.3, -0.25) is 0 Å². The Balaban J connectivity index is 0.904. The molecule has 0 bridgehead atoms. The number of hydrogen-bond acceptors (Lipinski definition) is 7. The van der Waals surface area contributed by atoms with Crippen LogP contribution in [0, 0.1) is 6.92 Å². The summed E-state index contributed by atoms with van der Waals surface area (Å²) in [6.45, 7) is 2.17. The van der Waals surface area contributed by atoms with E-state index in [0.29, 0.717) is 0 Å². The Labute approximate surface area is 470 Å². The molecule has 0 saturated carbocycles. The summed E-state index contributed by atoms with van der Waals surface area (Å²) in [5.74, 6) is 0. The van der Waals surface area contributed by atoms with E-state index < -0.39 is 0 Å². The van der Waals surface area contributed by atoms with E-state index >= 15 is 0 Å². The summed E-state index contributed by atoms with van der Waals surface area (Å²) in [7, 11) is 0. The van der Waals surface area contributed by atoms with Gasteiger partial charge < -0.3 is 28.4 Å². The molecule has 2 aromatic heterocycles. The molecule has 80 heavy (non-hydrogen) atoms. The van der Waals surface area contributed by atoms with Crippen LogP contribution in [-0.4, -0.2) is 0 Å². The SMILES string of the molecule is Cc1ccc(N(c2ccccc2)c2ccccc2)cc1-c1cc(N(c2ccccc2)c2cccc3c2oc2c(N(c4ccccc4)c4ccc5oc6ccc(N(c7ccccc7)c7ccccc7)cc6c5c4)cccc23)ccc1S. The minimum Gasteiger partial charge on any atom is -0.456 e. The Morgan fingerprint density at radius 3 is 1.02 bits per heavy atom. The van der Waals surface area contributed by atoms with E-state index in [-0.39, 0.29) is 0 Å². The van der Waals surface area contributed by atoms with Crippen molar-refractivity contribution in [3.63, 3.8) is 0 Å². The lowest BCUT2D eigenvalue weighted by molar-refractivity contribution is 0.669. The Bertz CT molecular complexity index is 4430. The molecule has 0 saturated heterocycles. The van der Waals surface area contributed by atoms with E-state index in [4.69, 9.17) is 21.5 Å². The molecule has 7 heteroatoms. The second kappa shape index (κ2) is 20.6. The minimum atomic E-state index is 0.771. The molecule has 0 spiro atoms. The van der Waals surface area contributed by atoms with Crippen LogP contribution in [0.4, 0.5) is 68.2 Å². The molecule has 14 aromatic rings. The van der Waals surface area contributed by atoms with Crippen LogP contribution in [0.25, 0.3) is 55.0 Å². The first-order valence-corrected chi connectivity index (χ1v) is 27.3. The van der Waals surface area contributed by atoms with Gasteiger partial charge in [-0.1, -0.05) is 140 Å². The molecular weight excluding hydrogens is 997 g/mol. The van der Waals surface area contributed by atoms with Crippen molar-refractivity contribution in [3.8, 4) is 11.1 Å². The van der Waals surface area contributed by atoms with Crippen molar-refractivity contribution in [2.45, 2.75) is 11.8 Å². The number of anilines is 12. The van der Waals surface area contributed by atoms with Crippen molar-refractivity contribution in [2.75, 3.05) is 19.6 Å². The maximum atomic E-state index is 7.39. The standard InChI is InChI=1S/C73H52N4O2S/c1-50-38-39-57(74(51-22-8-2-9-23-51)52-24-10-3-11-25-52)46-63(50)66-49-60(42-45-71(66)80)77(56-32-18-7-19-33-56)68-37-21-35-62-61-34-20-36-67(72(61)79-73(62)68)76(55-30-16-6-17-31-55)59-41-44-70-65(48-59)64-47-58(40-43-69(64)78-70)75(53-26-12-4-13-27-53)54-28-14-5-15-29-54/h2-49,80H,1H3. The summed E-state index contributed by atoms with van der Waals surface area (Å²) in [5.41, 5.74) is 18.6. The molecule has 0 N–H and O–H groups in total. The average molecular weight is 1050 g/mol. The zero-order valence-corrected chi connectivity index (χ0v) is 44.7. The van der Waals surface area contributed by atoms with Crippen LogP contribution in [0.1, 0.15) is 5.56 Å². The minimum absolute atomic E-state index is 0.771. The van der Waals surface area contributed by atoms with Gasteiger partial charge in [-0.05, 0) is 175 Å². The van der Waals surface area contributed by atoms with Crippen molar-refractivity contribution >= 4 is 125 Å².